The van der Waals surface area contributed by atoms with Gasteiger partial charge in [-0.25, -0.2) is 9.78 Å². The van der Waals surface area contributed by atoms with E-state index in [4.69, 9.17) is 0 Å². The highest BCUT2D eigenvalue weighted by molar-refractivity contribution is 7.99. The third kappa shape index (κ3) is 4.83. The fourth-order valence-corrected chi connectivity index (χ4v) is 4.81. The van der Waals surface area contributed by atoms with E-state index in [1.807, 2.05) is 29.6 Å². The number of anilines is 2. The molecule has 0 spiro atoms. The van der Waals surface area contributed by atoms with Crippen molar-refractivity contribution in [1.82, 2.24) is 10.3 Å². The van der Waals surface area contributed by atoms with E-state index in [1.54, 1.807) is 16.7 Å². The van der Waals surface area contributed by atoms with Gasteiger partial charge in [-0.1, -0.05) is 17.8 Å². The summed E-state index contributed by atoms with van der Waals surface area (Å²) >= 11 is 3.07. The molecule has 1 aromatic heterocycles. The minimum atomic E-state index is -0.140. The van der Waals surface area contributed by atoms with Crippen molar-refractivity contribution in [2.45, 2.75) is 30.1 Å². The smallest absolute Gasteiger partial charge is 0.323 e. The number of rotatable bonds is 6. The van der Waals surface area contributed by atoms with Gasteiger partial charge in [0, 0.05) is 33.9 Å². The summed E-state index contributed by atoms with van der Waals surface area (Å²) in [4.78, 5) is 32.4. The lowest BCUT2D eigenvalue weighted by Gasteiger charge is -2.09. The van der Waals surface area contributed by atoms with Crippen LogP contribution >= 0.6 is 23.1 Å². The molecule has 3 amide bonds. The zero-order valence-corrected chi connectivity index (χ0v) is 18.4. The molecule has 8 heteroatoms. The predicted molar refractivity (Wildman–Crippen MR) is 122 cm³/mol. The normalized spacial score (nSPS) is 13.4. The first-order valence-electron chi connectivity index (χ1n) is 9.63. The zero-order valence-electron chi connectivity index (χ0n) is 16.8. The minimum Gasteiger partial charge on any atom is -0.336 e. The number of nitrogens with zero attached hydrogens (tertiary/aromatic N) is 2. The molecule has 2 heterocycles. The first-order valence-corrected chi connectivity index (χ1v) is 11.3. The van der Waals surface area contributed by atoms with Gasteiger partial charge in [-0.3, -0.25) is 9.69 Å². The highest BCUT2D eigenvalue weighted by Gasteiger charge is 2.24. The number of nitrogens with one attached hydrogen (secondary N) is 2. The van der Waals surface area contributed by atoms with Crippen molar-refractivity contribution in [3.8, 4) is 0 Å². The van der Waals surface area contributed by atoms with Gasteiger partial charge in [0.05, 0.1) is 12.1 Å². The van der Waals surface area contributed by atoms with Gasteiger partial charge in [-0.15, -0.1) is 11.3 Å². The van der Waals surface area contributed by atoms with Crippen molar-refractivity contribution < 1.29 is 9.59 Å². The third-order valence-corrected chi connectivity index (χ3v) is 6.73. The summed E-state index contributed by atoms with van der Waals surface area (Å²) in [6, 6.07) is 14.1. The summed E-state index contributed by atoms with van der Waals surface area (Å²) in [5, 5.41) is 8.11. The fraction of sp³-hybridized carbons (Fsp3) is 0.227. The molecule has 2 N–H and O–H groups in total. The Hall–Kier alpha value is -2.84. The van der Waals surface area contributed by atoms with E-state index in [1.165, 1.54) is 27.4 Å². The maximum Gasteiger partial charge on any atom is 0.323 e. The van der Waals surface area contributed by atoms with Crippen LogP contribution < -0.4 is 15.5 Å². The maximum atomic E-state index is 12.4. The van der Waals surface area contributed by atoms with Crippen molar-refractivity contribution in [3.05, 3.63) is 64.7 Å². The van der Waals surface area contributed by atoms with Crippen LogP contribution in [0.15, 0.2) is 57.6 Å². The summed E-state index contributed by atoms with van der Waals surface area (Å²) in [5.74, 6) is -0.132. The summed E-state index contributed by atoms with van der Waals surface area (Å²) in [7, 11) is 0. The first-order chi connectivity index (χ1) is 14.5. The predicted octanol–water partition coefficient (Wildman–Crippen LogP) is 4.62. The van der Waals surface area contributed by atoms with Gasteiger partial charge in [0.15, 0.2) is 5.13 Å². The molecule has 0 unspecified atom stereocenters. The van der Waals surface area contributed by atoms with Gasteiger partial charge >= 0.3 is 6.03 Å². The minimum absolute atomic E-state index is 0.132. The molecule has 0 radical (unpaired) electrons. The van der Waals surface area contributed by atoms with Crippen LogP contribution in [0.25, 0.3) is 0 Å². The first kappa shape index (κ1) is 20.4. The van der Waals surface area contributed by atoms with Crippen LogP contribution in [0.4, 0.5) is 15.6 Å². The molecule has 6 nitrogen and oxygen atoms in total. The van der Waals surface area contributed by atoms with Gasteiger partial charge in [-0.2, -0.15) is 0 Å². The summed E-state index contributed by atoms with van der Waals surface area (Å²) in [6.45, 7) is 5.44. The third-order valence-electron chi connectivity index (χ3n) is 4.82. The Kier molecular flexibility index (Phi) is 6.06. The van der Waals surface area contributed by atoms with E-state index in [0.29, 0.717) is 23.9 Å². The summed E-state index contributed by atoms with van der Waals surface area (Å²) in [6.07, 6.45) is 0.172. The SMILES string of the molecule is Cc1ccc(Sc2ccc(NC(=O)Cc3csc(N4CCNC4=O)n3)cc2)cc1C. The van der Waals surface area contributed by atoms with Crippen LogP contribution in [0, 0.1) is 13.8 Å². The van der Waals surface area contributed by atoms with E-state index < -0.39 is 0 Å². The zero-order chi connectivity index (χ0) is 21.1. The molecule has 4 rings (SSSR count). The summed E-state index contributed by atoms with van der Waals surface area (Å²) in [5.41, 5.74) is 3.97. The molecule has 0 saturated carbocycles. The van der Waals surface area contributed by atoms with Crippen LogP contribution in [0.5, 0.6) is 0 Å². The second-order valence-electron chi connectivity index (χ2n) is 7.10. The van der Waals surface area contributed by atoms with Gasteiger partial charge < -0.3 is 10.6 Å². The lowest BCUT2D eigenvalue weighted by atomic mass is 10.1. The number of benzene rings is 2. The van der Waals surface area contributed by atoms with E-state index >= 15 is 0 Å². The van der Waals surface area contributed by atoms with Gasteiger partial charge in [0.25, 0.3) is 0 Å². The molecule has 3 aromatic rings. The number of hydrogen-bond acceptors (Lipinski definition) is 5. The lowest BCUT2D eigenvalue weighted by molar-refractivity contribution is -0.115. The van der Waals surface area contributed by atoms with Gasteiger partial charge in [0.2, 0.25) is 5.91 Å². The van der Waals surface area contributed by atoms with E-state index in [2.05, 4.69) is 47.7 Å². The number of aromatic nitrogens is 1. The molecule has 1 aliphatic rings. The fourth-order valence-electron chi connectivity index (χ4n) is 3.05. The highest BCUT2D eigenvalue weighted by atomic mass is 32.2. The standard InChI is InChI=1S/C22H22N4O2S2/c1-14-3-6-19(11-15(14)2)30-18-7-4-16(5-8-18)24-20(27)12-17-13-29-22(25-17)26-10-9-23-21(26)28/h3-8,11,13H,9-10,12H2,1-2H3,(H,23,28)(H,24,27). The molecule has 30 heavy (non-hydrogen) atoms. The second kappa shape index (κ2) is 8.89. The Bertz CT molecular complexity index is 1080. The number of carbonyl (C=O) groups is 2. The molecule has 1 aliphatic heterocycles. The molecule has 0 aliphatic carbocycles. The Labute approximate surface area is 183 Å². The number of thiazole rings is 1. The summed E-state index contributed by atoms with van der Waals surface area (Å²) < 4.78 is 0. The Balaban J connectivity index is 1.33. The highest BCUT2D eigenvalue weighted by Crippen LogP contribution is 2.30. The number of carbonyl (C=O) groups excluding carboxylic acids is 2. The van der Waals surface area contributed by atoms with E-state index in [-0.39, 0.29) is 18.4 Å². The monoisotopic (exact) mass is 438 g/mol. The van der Waals surface area contributed by atoms with E-state index in [0.717, 1.165) is 10.6 Å². The van der Waals surface area contributed by atoms with Crippen LogP contribution in [-0.2, 0) is 11.2 Å². The topological polar surface area (TPSA) is 74.3 Å². The average Bonchev–Trinajstić information content (AvgIpc) is 3.35. The Morgan fingerprint density at radius 3 is 2.63 bits per heavy atom. The van der Waals surface area contributed by atoms with E-state index in [9.17, 15) is 9.59 Å². The molecule has 2 aromatic carbocycles. The molecule has 154 valence electrons. The van der Waals surface area contributed by atoms with Crippen molar-refractivity contribution in [2.75, 3.05) is 23.3 Å². The van der Waals surface area contributed by atoms with Gasteiger partial charge in [-0.05, 0) is 61.4 Å². The Morgan fingerprint density at radius 2 is 1.93 bits per heavy atom. The van der Waals surface area contributed by atoms with Crippen LogP contribution in [-0.4, -0.2) is 30.0 Å². The maximum absolute atomic E-state index is 12.4. The Morgan fingerprint density at radius 1 is 1.17 bits per heavy atom. The van der Waals surface area contributed by atoms with Crippen LogP contribution in [0.1, 0.15) is 16.8 Å². The average molecular weight is 439 g/mol. The number of hydrogen-bond donors (Lipinski definition) is 2. The number of amides is 3. The number of urea groups is 1. The molecule has 0 bridgehead atoms. The molecule has 0 atom stereocenters. The number of aryl methyl sites for hydroxylation is 2. The lowest BCUT2D eigenvalue weighted by Crippen LogP contribution is -2.27. The molecular formula is C22H22N4O2S2. The van der Waals surface area contributed by atoms with Crippen molar-refractivity contribution in [1.29, 1.82) is 0 Å². The van der Waals surface area contributed by atoms with Crippen molar-refractivity contribution >= 4 is 45.9 Å². The molecule has 1 fully saturated rings. The van der Waals surface area contributed by atoms with Crippen LogP contribution in [0.3, 0.4) is 0 Å². The largest absolute Gasteiger partial charge is 0.336 e. The van der Waals surface area contributed by atoms with Crippen molar-refractivity contribution in [2.24, 2.45) is 0 Å². The van der Waals surface area contributed by atoms with Crippen LogP contribution in [0.2, 0.25) is 0 Å². The molecule has 1 saturated heterocycles. The quantitative estimate of drug-likeness (QED) is 0.589. The van der Waals surface area contributed by atoms with Crippen molar-refractivity contribution in [3.63, 3.8) is 0 Å². The second-order valence-corrected chi connectivity index (χ2v) is 9.09. The van der Waals surface area contributed by atoms with Gasteiger partial charge in [0.1, 0.15) is 0 Å². The molecular weight excluding hydrogens is 416 g/mol.